The van der Waals surface area contributed by atoms with E-state index in [1.54, 1.807) is 0 Å². The first-order valence-corrected chi connectivity index (χ1v) is 8.13. The molecule has 0 saturated carbocycles. The molecule has 1 aromatic rings. The van der Waals surface area contributed by atoms with Crippen molar-refractivity contribution in [1.82, 2.24) is 10.2 Å². The molecule has 3 rings (SSSR count). The highest BCUT2D eigenvalue weighted by Crippen LogP contribution is 2.35. The molecule has 0 unspecified atom stereocenters. The number of fused-ring (bicyclic) bond motifs is 1. The van der Waals surface area contributed by atoms with Gasteiger partial charge in [0, 0.05) is 12.1 Å². The minimum Gasteiger partial charge on any atom is -0.454 e. The van der Waals surface area contributed by atoms with Crippen LogP contribution in [0.15, 0.2) is 18.2 Å². The molecule has 1 N–H and O–H groups in total. The van der Waals surface area contributed by atoms with Crippen LogP contribution < -0.4 is 14.8 Å². The number of para-hydroxylation sites is 1. The molecule has 0 atom stereocenters. The number of likely N-dealkylation sites (tertiary alicyclic amines) is 1. The van der Waals surface area contributed by atoms with Gasteiger partial charge in [0.05, 0.1) is 0 Å². The average Bonchev–Trinajstić information content (AvgIpc) is 2.98. The molecule has 21 heavy (non-hydrogen) atoms. The van der Waals surface area contributed by atoms with E-state index in [2.05, 4.69) is 23.2 Å². The zero-order valence-corrected chi connectivity index (χ0v) is 12.9. The molecule has 1 fully saturated rings. The van der Waals surface area contributed by atoms with Crippen LogP contribution in [-0.4, -0.2) is 37.9 Å². The third-order valence-electron chi connectivity index (χ3n) is 4.50. The van der Waals surface area contributed by atoms with E-state index < -0.39 is 0 Å². The molecule has 2 aliphatic heterocycles. The van der Waals surface area contributed by atoms with Crippen LogP contribution in [-0.2, 0) is 6.54 Å². The van der Waals surface area contributed by atoms with Gasteiger partial charge in [-0.25, -0.2) is 0 Å². The highest BCUT2D eigenvalue weighted by molar-refractivity contribution is 5.48. The predicted molar refractivity (Wildman–Crippen MR) is 83.7 cm³/mol. The van der Waals surface area contributed by atoms with Gasteiger partial charge in [-0.3, -0.25) is 0 Å². The number of nitrogens with zero attached hydrogens (tertiary/aromatic N) is 1. The highest BCUT2D eigenvalue weighted by atomic mass is 16.7. The summed E-state index contributed by atoms with van der Waals surface area (Å²) in [4.78, 5) is 2.60. The zero-order valence-electron chi connectivity index (χ0n) is 12.9. The second-order valence-corrected chi connectivity index (χ2v) is 6.21. The molecule has 0 spiro atoms. The summed E-state index contributed by atoms with van der Waals surface area (Å²) in [5.41, 5.74) is 1.19. The van der Waals surface area contributed by atoms with Crippen molar-refractivity contribution in [2.45, 2.75) is 32.7 Å². The highest BCUT2D eigenvalue weighted by Gasteiger charge is 2.17. The van der Waals surface area contributed by atoms with E-state index >= 15 is 0 Å². The Labute approximate surface area is 127 Å². The Morgan fingerprint density at radius 1 is 1.24 bits per heavy atom. The number of benzene rings is 1. The Kier molecular flexibility index (Phi) is 4.99. The van der Waals surface area contributed by atoms with Gasteiger partial charge in [-0.1, -0.05) is 19.1 Å². The summed E-state index contributed by atoms with van der Waals surface area (Å²) in [5.74, 6) is 2.70. The SMILES string of the molecule is CC1CCN(CCCNCc2cccc3c2OCO3)CC1. The molecule has 0 bridgehead atoms. The number of piperidine rings is 1. The van der Waals surface area contributed by atoms with E-state index in [9.17, 15) is 0 Å². The maximum Gasteiger partial charge on any atom is 0.231 e. The Balaban J connectivity index is 1.35. The van der Waals surface area contributed by atoms with Gasteiger partial charge < -0.3 is 19.7 Å². The number of nitrogens with one attached hydrogen (secondary N) is 1. The lowest BCUT2D eigenvalue weighted by molar-refractivity contribution is 0.173. The molecule has 116 valence electrons. The third-order valence-corrected chi connectivity index (χ3v) is 4.50. The van der Waals surface area contributed by atoms with Crippen LogP contribution in [0.3, 0.4) is 0 Å². The second kappa shape index (κ2) is 7.14. The third kappa shape index (κ3) is 3.89. The first-order chi connectivity index (χ1) is 10.3. The van der Waals surface area contributed by atoms with Crippen LogP contribution in [0.25, 0.3) is 0 Å². The van der Waals surface area contributed by atoms with Crippen molar-refractivity contribution in [3.8, 4) is 11.5 Å². The van der Waals surface area contributed by atoms with Crippen molar-refractivity contribution >= 4 is 0 Å². The summed E-state index contributed by atoms with van der Waals surface area (Å²) in [7, 11) is 0. The predicted octanol–water partition coefficient (Wildman–Crippen LogP) is 2.63. The first-order valence-electron chi connectivity index (χ1n) is 8.13. The smallest absolute Gasteiger partial charge is 0.231 e. The van der Waals surface area contributed by atoms with Gasteiger partial charge in [-0.2, -0.15) is 0 Å². The standard InChI is InChI=1S/C17H26N2O2/c1-14-6-10-19(11-7-14)9-3-8-18-12-15-4-2-5-16-17(15)21-13-20-16/h2,4-5,14,18H,3,6-13H2,1H3. The van der Waals surface area contributed by atoms with E-state index in [4.69, 9.17) is 9.47 Å². The Bertz CT molecular complexity index is 456. The van der Waals surface area contributed by atoms with Crippen molar-refractivity contribution in [1.29, 1.82) is 0 Å². The van der Waals surface area contributed by atoms with E-state index in [0.717, 1.165) is 30.5 Å². The summed E-state index contributed by atoms with van der Waals surface area (Å²) >= 11 is 0. The van der Waals surface area contributed by atoms with Gasteiger partial charge in [0.25, 0.3) is 0 Å². The molecular weight excluding hydrogens is 264 g/mol. The Morgan fingerprint density at radius 2 is 2.10 bits per heavy atom. The number of rotatable bonds is 6. The fourth-order valence-corrected chi connectivity index (χ4v) is 3.07. The van der Waals surface area contributed by atoms with E-state index in [-0.39, 0.29) is 0 Å². The van der Waals surface area contributed by atoms with Crippen molar-refractivity contribution in [3.63, 3.8) is 0 Å². The summed E-state index contributed by atoms with van der Waals surface area (Å²) in [6.07, 6.45) is 3.93. The number of hydrogen-bond acceptors (Lipinski definition) is 4. The monoisotopic (exact) mass is 290 g/mol. The van der Waals surface area contributed by atoms with Crippen molar-refractivity contribution in [2.75, 3.05) is 33.0 Å². The van der Waals surface area contributed by atoms with Gasteiger partial charge in [0.2, 0.25) is 6.79 Å². The van der Waals surface area contributed by atoms with Gasteiger partial charge >= 0.3 is 0 Å². The second-order valence-electron chi connectivity index (χ2n) is 6.21. The summed E-state index contributed by atoms with van der Waals surface area (Å²) in [6, 6.07) is 6.09. The molecular formula is C17H26N2O2. The molecule has 1 saturated heterocycles. The maximum absolute atomic E-state index is 5.52. The van der Waals surface area contributed by atoms with Crippen LogP contribution in [0.5, 0.6) is 11.5 Å². The van der Waals surface area contributed by atoms with Crippen molar-refractivity contribution in [2.24, 2.45) is 5.92 Å². The minimum absolute atomic E-state index is 0.347. The summed E-state index contributed by atoms with van der Waals surface area (Å²) in [6.45, 7) is 8.38. The minimum atomic E-state index is 0.347. The zero-order chi connectivity index (χ0) is 14.5. The summed E-state index contributed by atoms with van der Waals surface area (Å²) < 4.78 is 10.9. The molecule has 0 amide bonds. The fraction of sp³-hybridized carbons (Fsp3) is 0.647. The topological polar surface area (TPSA) is 33.7 Å². The molecule has 0 radical (unpaired) electrons. The summed E-state index contributed by atoms with van der Waals surface area (Å²) in [5, 5.41) is 3.52. The molecule has 4 nitrogen and oxygen atoms in total. The normalized spacial score (nSPS) is 19.1. The molecule has 4 heteroatoms. The number of hydrogen-bond donors (Lipinski definition) is 1. The Hall–Kier alpha value is -1.26. The molecule has 1 aromatic carbocycles. The van der Waals surface area contributed by atoms with Crippen LogP contribution in [0.2, 0.25) is 0 Å². The van der Waals surface area contributed by atoms with Crippen LogP contribution >= 0.6 is 0 Å². The number of ether oxygens (including phenoxy) is 2. The van der Waals surface area contributed by atoms with Gasteiger partial charge in [0.1, 0.15) is 0 Å². The van der Waals surface area contributed by atoms with E-state index in [1.165, 1.54) is 44.5 Å². The van der Waals surface area contributed by atoms with E-state index in [0.29, 0.717) is 6.79 Å². The van der Waals surface area contributed by atoms with E-state index in [1.807, 2.05) is 12.1 Å². The average molecular weight is 290 g/mol. The largest absolute Gasteiger partial charge is 0.454 e. The van der Waals surface area contributed by atoms with Crippen molar-refractivity contribution < 1.29 is 9.47 Å². The fourth-order valence-electron chi connectivity index (χ4n) is 3.07. The molecule has 2 heterocycles. The Morgan fingerprint density at radius 3 is 2.95 bits per heavy atom. The van der Waals surface area contributed by atoms with Gasteiger partial charge in [-0.15, -0.1) is 0 Å². The lowest BCUT2D eigenvalue weighted by atomic mass is 9.99. The first kappa shape index (κ1) is 14.7. The van der Waals surface area contributed by atoms with Crippen LogP contribution in [0, 0.1) is 5.92 Å². The van der Waals surface area contributed by atoms with Crippen molar-refractivity contribution in [3.05, 3.63) is 23.8 Å². The molecule has 0 aromatic heterocycles. The maximum atomic E-state index is 5.52. The van der Waals surface area contributed by atoms with Gasteiger partial charge in [0.15, 0.2) is 11.5 Å². The molecule has 2 aliphatic rings. The van der Waals surface area contributed by atoms with Crippen LogP contribution in [0.1, 0.15) is 31.7 Å². The lowest BCUT2D eigenvalue weighted by Gasteiger charge is -2.30. The quantitative estimate of drug-likeness (QED) is 0.817. The molecule has 0 aliphatic carbocycles. The van der Waals surface area contributed by atoms with Crippen LogP contribution in [0.4, 0.5) is 0 Å². The lowest BCUT2D eigenvalue weighted by Crippen LogP contribution is -2.34. The van der Waals surface area contributed by atoms with Gasteiger partial charge in [-0.05, 0) is 57.4 Å².